The molecular formula is C20H20F4N2O3. The number of H-pyrrole nitrogens is 1. The first-order valence-corrected chi connectivity index (χ1v) is 8.80. The number of aromatic nitrogens is 2. The first-order valence-electron chi connectivity index (χ1n) is 8.80. The van der Waals surface area contributed by atoms with Crippen molar-refractivity contribution in [1.29, 1.82) is 0 Å². The van der Waals surface area contributed by atoms with Gasteiger partial charge in [-0.1, -0.05) is 26.0 Å². The number of phenols is 1. The molecule has 3 rings (SSSR count). The van der Waals surface area contributed by atoms with Crippen molar-refractivity contribution in [2.75, 3.05) is 0 Å². The van der Waals surface area contributed by atoms with E-state index in [1.807, 2.05) is 0 Å². The van der Waals surface area contributed by atoms with Crippen LogP contribution in [0.3, 0.4) is 0 Å². The lowest BCUT2D eigenvalue weighted by atomic mass is 9.74. The van der Waals surface area contributed by atoms with Crippen LogP contribution in [-0.4, -0.2) is 31.8 Å². The van der Waals surface area contributed by atoms with Crippen LogP contribution in [0.4, 0.5) is 17.6 Å². The van der Waals surface area contributed by atoms with Crippen molar-refractivity contribution in [2.45, 2.75) is 44.0 Å². The molecule has 0 saturated carbocycles. The van der Waals surface area contributed by atoms with Gasteiger partial charge < -0.3 is 10.2 Å². The minimum absolute atomic E-state index is 0.0639. The van der Waals surface area contributed by atoms with E-state index in [1.54, 1.807) is 12.1 Å². The Balaban J connectivity index is 2.05. The molecule has 2 aromatic carbocycles. The molecule has 156 valence electrons. The molecule has 5 nitrogen and oxygen atoms in total. The highest BCUT2D eigenvalue weighted by molar-refractivity contribution is 5.78. The molecule has 0 fully saturated rings. The maximum absolute atomic E-state index is 13.9. The number of phenolic OH excluding ortho intramolecular Hbond substituents is 1. The maximum atomic E-state index is 13.9. The van der Waals surface area contributed by atoms with E-state index in [2.05, 4.69) is 5.10 Å². The number of halogens is 4. The zero-order chi connectivity index (χ0) is 21.6. The smallest absolute Gasteiger partial charge is 0.419 e. The fourth-order valence-corrected chi connectivity index (χ4v) is 3.65. The molecule has 1 heterocycles. The van der Waals surface area contributed by atoms with Crippen molar-refractivity contribution in [3.8, 4) is 5.75 Å². The van der Waals surface area contributed by atoms with Crippen LogP contribution in [-0.2, 0) is 12.0 Å². The zero-order valence-electron chi connectivity index (χ0n) is 15.7. The van der Waals surface area contributed by atoms with E-state index in [0.717, 1.165) is 22.9 Å². The second-order valence-electron chi connectivity index (χ2n) is 7.80. The lowest BCUT2D eigenvalue weighted by molar-refractivity contribution is -0.272. The van der Waals surface area contributed by atoms with Gasteiger partial charge in [-0.05, 0) is 42.2 Å². The van der Waals surface area contributed by atoms with Gasteiger partial charge in [-0.3, -0.25) is 14.6 Å². The van der Waals surface area contributed by atoms with E-state index in [-0.39, 0.29) is 22.2 Å². The Morgan fingerprint density at radius 3 is 2.41 bits per heavy atom. The Hall–Kier alpha value is -2.81. The van der Waals surface area contributed by atoms with E-state index >= 15 is 0 Å². The van der Waals surface area contributed by atoms with Gasteiger partial charge in [-0.2, -0.15) is 13.2 Å². The minimum Gasteiger partial charge on any atom is -0.508 e. The third kappa shape index (κ3) is 3.87. The highest BCUT2D eigenvalue weighted by Gasteiger charge is 2.56. The van der Waals surface area contributed by atoms with Gasteiger partial charge in [0, 0.05) is 5.56 Å². The summed E-state index contributed by atoms with van der Waals surface area (Å²) in [5, 5.41) is 23.2. The van der Waals surface area contributed by atoms with Gasteiger partial charge in [-0.15, -0.1) is 0 Å². The van der Waals surface area contributed by atoms with Crippen molar-refractivity contribution in [2.24, 2.45) is 0 Å². The topological polar surface area (TPSA) is 78.2 Å². The summed E-state index contributed by atoms with van der Waals surface area (Å²) in [6.07, 6.45) is -5.94. The standard InChI is InChI=1S/C20H20F4N2O3/c1-18(2,14-9-12(21)7-8-16(14)27)10-19(29,20(22,23)24)11-26-15-6-4-3-5-13(15)17(28)25-26/h3-9,27,29H,10-11H2,1-2H3,(H,25,28). The van der Waals surface area contributed by atoms with Crippen LogP contribution in [0.2, 0.25) is 0 Å². The van der Waals surface area contributed by atoms with Crippen LogP contribution in [0.1, 0.15) is 25.8 Å². The van der Waals surface area contributed by atoms with Gasteiger partial charge in [0.2, 0.25) is 0 Å². The van der Waals surface area contributed by atoms with Crippen LogP contribution in [0.15, 0.2) is 47.3 Å². The Morgan fingerprint density at radius 1 is 1.10 bits per heavy atom. The summed E-state index contributed by atoms with van der Waals surface area (Å²) in [5.74, 6) is -1.09. The number of nitrogens with zero attached hydrogens (tertiary/aromatic N) is 1. The summed E-state index contributed by atoms with van der Waals surface area (Å²) in [5.41, 5.74) is -5.13. The summed E-state index contributed by atoms with van der Waals surface area (Å²) in [4.78, 5) is 12.0. The molecule has 1 unspecified atom stereocenters. The number of hydrogen-bond donors (Lipinski definition) is 3. The number of aromatic hydroxyl groups is 1. The molecule has 0 aliphatic heterocycles. The summed E-state index contributed by atoms with van der Waals surface area (Å²) in [6, 6.07) is 9.05. The molecule has 29 heavy (non-hydrogen) atoms. The summed E-state index contributed by atoms with van der Waals surface area (Å²) >= 11 is 0. The average Bonchev–Trinajstić information content (AvgIpc) is 2.91. The Labute approximate surface area is 163 Å². The largest absolute Gasteiger partial charge is 0.508 e. The van der Waals surface area contributed by atoms with E-state index in [1.165, 1.54) is 26.0 Å². The number of nitrogens with one attached hydrogen (secondary N) is 1. The first-order chi connectivity index (χ1) is 13.3. The Kier molecular flexibility index (Phi) is 4.98. The Bertz CT molecular complexity index is 1100. The maximum Gasteiger partial charge on any atom is 0.419 e. The van der Waals surface area contributed by atoms with Gasteiger partial charge in [0.15, 0.2) is 5.60 Å². The summed E-state index contributed by atoms with van der Waals surface area (Å²) < 4.78 is 56.4. The normalized spacial score (nSPS) is 14.9. The van der Waals surface area contributed by atoms with Crippen LogP contribution >= 0.6 is 0 Å². The third-order valence-electron chi connectivity index (χ3n) is 5.05. The molecule has 3 aromatic rings. The molecule has 0 amide bonds. The van der Waals surface area contributed by atoms with E-state index in [0.29, 0.717) is 0 Å². The molecule has 0 saturated heterocycles. The van der Waals surface area contributed by atoms with Gasteiger partial charge in [0.1, 0.15) is 11.6 Å². The molecule has 0 aliphatic rings. The van der Waals surface area contributed by atoms with E-state index in [9.17, 15) is 32.6 Å². The quantitative estimate of drug-likeness (QED) is 0.558. The predicted octanol–water partition coefficient (Wildman–Crippen LogP) is 3.84. The fraction of sp³-hybridized carbons (Fsp3) is 0.350. The molecule has 0 bridgehead atoms. The van der Waals surface area contributed by atoms with E-state index in [4.69, 9.17) is 0 Å². The molecule has 3 N–H and O–H groups in total. The third-order valence-corrected chi connectivity index (χ3v) is 5.05. The summed E-state index contributed by atoms with van der Waals surface area (Å²) in [6.45, 7) is 1.77. The molecule has 0 aliphatic carbocycles. The number of alkyl halides is 3. The molecule has 9 heteroatoms. The highest BCUT2D eigenvalue weighted by Crippen LogP contribution is 2.44. The van der Waals surface area contributed by atoms with Gasteiger partial charge in [-0.25, -0.2) is 4.39 Å². The van der Waals surface area contributed by atoms with Crippen molar-refractivity contribution in [3.05, 3.63) is 64.2 Å². The second kappa shape index (κ2) is 6.91. The number of aliphatic hydroxyl groups is 1. The van der Waals surface area contributed by atoms with Crippen LogP contribution < -0.4 is 5.56 Å². The number of rotatable bonds is 5. The number of hydrogen-bond acceptors (Lipinski definition) is 3. The molecular weight excluding hydrogens is 392 g/mol. The number of para-hydroxylation sites is 1. The first kappa shape index (κ1) is 20.9. The lowest BCUT2D eigenvalue weighted by Gasteiger charge is -2.38. The molecule has 0 radical (unpaired) electrons. The monoisotopic (exact) mass is 412 g/mol. The number of benzene rings is 2. The number of aromatic amines is 1. The molecule has 1 atom stereocenters. The van der Waals surface area contributed by atoms with Crippen molar-refractivity contribution < 1.29 is 27.8 Å². The number of fused-ring (bicyclic) bond motifs is 1. The summed E-state index contributed by atoms with van der Waals surface area (Å²) in [7, 11) is 0. The van der Waals surface area contributed by atoms with Crippen molar-refractivity contribution >= 4 is 10.9 Å². The Morgan fingerprint density at radius 2 is 1.76 bits per heavy atom. The van der Waals surface area contributed by atoms with Gasteiger partial charge in [0.25, 0.3) is 5.56 Å². The van der Waals surface area contributed by atoms with Gasteiger partial charge >= 0.3 is 6.18 Å². The van der Waals surface area contributed by atoms with Crippen LogP contribution in [0.25, 0.3) is 10.9 Å². The fourth-order valence-electron chi connectivity index (χ4n) is 3.65. The van der Waals surface area contributed by atoms with Crippen molar-refractivity contribution in [1.82, 2.24) is 9.78 Å². The highest BCUT2D eigenvalue weighted by atomic mass is 19.4. The van der Waals surface area contributed by atoms with Crippen LogP contribution in [0, 0.1) is 5.82 Å². The van der Waals surface area contributed by atoms with Crippen LogP contribution in [0.5, 0.6) is 5.75 Å². The van der Waals surface area contributed by atoms with Gasteiger partial charge in [0.05, 0.1) is 17.4 Å². The van der Waals surface area contributed by atoms with Crippen molar-refractivity contribution in [3.63, 3.8) is 0 Å². The second-order valence-corrected chi connectivity index (χ2v) is 7.80. The lowest BCUT2D eigenvalue weighted by Crippen LogP contribution is -2.52. The predicted molar refractivity (Wildman–Crippen MR) is 99.3 cm³/mol. The molecule has 0 spiro atoms. The SMILES string of the molecule is CC(C)(CC(O)(Cn1[nH]c(=O)c2ccccc21)C(F)(F)F)c1cc(F)ccc1O. The molecule has 1 aromatic heterocycles. The average molecular weight is 412 g/mol. The van der Waals surface area contributed by atoms with E-state index < -0.39 is 41.5 Å². The zero-order valence-corrected chi connectivity index (χ0v) is 15.7. The minimum atomic E-state index is -5.06.